The number of carbonyl (C=O) groups is 2. The van der Waals surface area contributed by atoms with E-state index < -0.39 is 16.4 Å². The number of nitro benzene ring substituents is 1. The number of likely N-dealkylation sites (N-methyl/N-ethyl adjacent to an activating group) is 1. The first-order valence-corrected chi connectivity index (χ1v) is 8.41. The van der Waals surface area contributed by atoms with Crippen molar-refractivity contribution in [2.75, 3.05) is 7.05 Å². The number of carbonyl (C=O) groups excluding carboxylic acids is 2. The number of piperazine rings is 1. The van der Waals surface area contributed by atoms with Crippen molar-refractivity contribution in [1.29, 1.82) is 0 Å². The minimum atomic E-state index is -1.09. The van der Waals surface area contributed by atoms with Crippen molar-refractivity contribution in [2.24, 2.45) is 0 Å². The van der Waals surface area contributed by atoms with Crippen molar-refractivity contribution < 1.29 is 14.5 Å². The summed E-state index contributed by atoms with van der Waals surface area (Å²) in [7, 11) is 1.50. The van der Waals surface area contributed by atoms with Crippen LogP contribution in [0.25, 0.3) is 6.08 Å². The van der Waals surface area contributed by atoms with Crippen molar-refractivity contribution in [3.8, 4) is 0 Å². The zero-order chi connectivity index (χ0) is 19.6. The van der Waals surface area contributed by atoms with Gasteiger partial charge in [0.1, 0.15) is 11.2 Å². The first-order valence-electron chi connectivity index (χ1n) is 8.41. The molecule has 1 heterocycles. The van der Waals surface area contributed by atoms with Crippen molar-refractivity contribution in [3.63, 3.8) is 0 Å². The van der Waals surface area contributed by atoms with Gasteiger partial charge in [0.05, 0.1) is 10.5 Å². The van der Waals surface area contributed by atoms with Crippen LogP contribution in [0.1, 0.15) is 18.1 Å². The Hall–Kier alpha value is -3.48. The van der Waals surface area contributed by atoms with Crippen LogP contribution in [0.15, 0.2) is 60.3 Å². The predicted molar refractivity (Wildman–Crippen MR) is 101 cm³/mol. The highest BCUT2D eigenvalue weighted by molar-refractivity contribution is 6.09. The zero-order valence-corrected chi connectivity index (χ0v) is 15.0. The van der Waals surface area contributed by atoms with Crippen LogP contribution >= 0.6 is 0 Å². The maximum absolute atomic E-state index is 13.0. The number of nitrogens with one attached hydrogen (secondary N) is 1. The minimum absolute atomic E-state index is 0.0693. The van der Waals surface area contributed by atoms with E-state index in [0.717, 1.165) is 5.56 Å². The van der Waals surface area contributed by atoms with E-state index in [1.54, 1.807) is 19.1 Å². The lowest BCUT2D eigenvalue weighted by atomic mass is 9.88. The van der Waals surface area contributed by atoms with Gasteiger partial charge in [-0.25, -0.2) is 0 Å². The van der Waals surface area contributed by atoms with Gasteiger partial charge in [0, 0.05) is 19.5 Å². The van der Waals surface area contributed by atoms with E-state index in [1.807, 2.05) is 30.3 Å². The molecule has 0 spiro atoms. The summed E-state index contributed by atoms with van der Waals surface area (Å²) in [4.78, 5) is 37.6. The normalized spacial score (nSPS) is 21.3. The molecule has 0 bridgehead atoms. The summed E-state index contributed by atoms with van der Waals surface area (Å²) in [5.74, 6) is -0.732. The van der Waals surface area contributed by atoms with Gasteiger partial charge in [0.15, 0.2) is 0 Å². The van der Waals surface area contributed by atoms with E-state index >= 15 is 0 Å². The van der Waals surface area contributed by atoms with E-state index in [0.29, 0.717) is 6.42 Å². The molecule has 0 aliphatic carbocycles. The van der Waals surface area contributed by atoms with Crippen LogP contribution in [0.5, 0.6) is 0 Å². The first kappa shape index (κ1) is 18.3. The molecule has 1 atom stereocenters. The fourth-order valence-electron chi connectivity index (χ4n) is 3.21. The van der Waals surface area contributed by atoms with Crippen LogP contribution in [0, 0.1) is 10.1 Å². The third kappa shape index (κ3) is 3.57. The third-order valence-electron chi connectivity index (χ3n) is 4.59. The molecule has 1 fully saturated rings. The van der Waals surface area contributed by atoms with Gasteiger partial charge in [-0.15, -0.1) is 0 Å². The molecule has 0 aromatic heterocycles. The number of benzene rings is 2. The van der Waals surface area contributed by atoms with Gasteiger partial charge < -0.3 is 10.2 Å². The first-order chi connectivity index (χ1) is 12.8. The molecule has 2 aromatic carbocycles. The zero-order valence-electron chi connectivity index (χ0n) is 15.0. The molecule has 1 unspecified atom stereocenters. The molecule has 2 amide bonds. The standard InChI is InChI=1S/C20H19N3O4/c1-20(13-14-8-4-3-5-9-14)19(25)22(2)17(18(24)21-20)12-15-10-6-7-11-16(15)23(26)27/h3-12H,13H2,1-2H3,(H,21,24)/b17-12-. The van der Waals surface area contributed by atoms with Crippen LogP contribution in [-0.4, -0.2) is 34.2 Å². The second kappa shape index (κ2) is 7.03. The highest BCUT2D eigenvalue weighted by Gasteiger charge is 2.44. The average molecular weight is 365 g/mol. The summed E-state index contributed by atoms with van der Waals surface area (Å²) >= 11 is 0. The molecule has 2 aromatic rings. The molecule has 1 N–H and O–H groups in total. The smallest absolute Gasteiger partial charge is 0.276 e. The van der Waals surface area contributed by atoms with Gasteiger partial charge in [-0.2, -0.15) is 0 Å². The van der Waals surface area contributed by atoms with Crippen molar-refractivity contribution in [1.82, 2.24) is 10.2 Å². The number of hydrogen-bond acceptors (Lipinski definition) is 4. The van der Waals surface area contributed by atoms with Crippen LogP contribution in [0.3, 0.4) is 0 Å². The molecule has 138 valence electrons. The Morgan fingerprint density at radius 3 is 2.41 bits per heavy atom. The fourth-order valence-corrected chi connectivity index (χ4v) is 3.21. The Balaban J connectivity index is 1.94. The summed E-state index contributed by atoms with van der Waals surface area (Å²) in [5, 5.41) is 14.0. The Morgan fingerprint density at radius 2 is 1.74 bits per heavy atom. The maximum Gasteiger partial charge on any atom is 0.276 e. The predicted octanol–water partition coefficient (Wildman–Crippen LogP) is 2.53. The van der Waals surface area contributed by atoms with Gasteiger partial charge in [0.25, 0.3) is 17.5 Å². The molecule has 3 rings (SSSR count). The van der Waals surface area contributed by atoms with E-state index in [2.05, 4.69) is 5.32 Å². The van der Waals surface area contributed by atoms with Gasteiger partial charge in [-0.1, -0.05) is 42.5 Å². The van der Waals surface area contributed by atoms with E-state index in [-0.39, 0.29) is 22.9 Å². The second-order valence-electron chi connectivity index (χ2n) is 6.66. The van der Waals surface area contributed by atoms with Gasteiger partial charge >= 0.3 is 0 Å². The number of nitrogens with zero attached hydrogens (tertiary/aromatic N) is 2. The molecule has 0 radical (unpaired) electrons. The summed E-state index contributed by atoms with van der Waals surface area (Å²) < 4.78 is 0. The van der Waals surface area contributed by atoms with Crippen LogP contribution in [0.2, 0.25) is 0 Å². The van der Waals surface area contributed by atoms with Crippen LogP contribution < -0.4 is 5.32 Å². The SMILES string of the molecule is CN1C(=O)C(C)(Cc2ccccc2)NC(=O)/C1=C/c1ccccc1[N+](=O)[O-]. The van der Waals surface area contributed by atoms with E-state index in [9.17, 15) is 19.7 Å². The molecule has 1 saturated heterocycles. The van der Waals surface area contributed by atoms with Crippen molar-refractivity contribution in [2.45, 2.75) is 18.9 Å². The Bertz CT molecular complexity index is 939. The lowest BCUT2D eigenvalue weighted by molar-refractivity contribution is -0.385. The molecule has 0 saturated carbocycles. The van der Waals surface area contributed by atoms with E-state index in [1.165, 1.54) is 30.2 Å². The summed E-state index contributed by atoms with van der Waals surface area (Å²) in [6.45, 7) is 1.68. The Labute approximate surface area is 156 Å². The molecular weight excluding hydrogens is 346 g/mol. The number of nitro groups is 1. The van der Waals surface area contributed by atoms with Gasteiger partial charge in [0.2, 0.25) is 0 Å². The monoisotopic (exact) mass is 365 g/mol. The maximum atomic E-state index is 13.0. The van der Waals surface area contributed by atoms with Crippen LogP contribution in [-0.2, 0) is 16.0 Å². The number of para-hydroxylation sites is 1. The highest BCUT2D eigenvalue weighted by Crippen LogP contribution is 2.27. The second-order valence-corrected chi connectivity index (χ2v) is 6.66. The summed E-state index contributed by atoms with van der Waals surface area (Å²) in [6.07, 6.45) is 1.72. The lowest BCUT2D eigenvalue weighted by Crippen LogP contribution is -2.64. The minimum Gasteiger partial charge on any atom is -0.336 e. The average Bonchev–Trinajstić information content (AvgIpc) is 2.64. The van der Waals surface area contributed by atoms with Gasteiger partial charge in [-0.3, -0.25) is 19.7 Å². The summed E-state index contributed by atoms with van der Waals surface area (Å²) in [6, 6.07) is 15.5. The quantitative estimate of drug-likeness (QED) is 0.512. The van der Waals surface area contributed by atoms with E-state index in [4.69, 9.17) is 0 Å². The molecule has 7 heteroatoms. The largest absolute Gasteiger partial charge is 0.336 e. The highest BCUT2D eigenvalue weighted by atomic mass is 16.6. The Morgan fingerprint density at radius 1 is 1.11 bits per heavy atom. The summed E-state index contributed by atoms with van der Waals surface area (Å²) in [5.41, 5.74) is 0.0379. The van der Waals surface area contributed by atoms with Crippen molar-refractivity contribution in [3.05, 3.63) is 81.5 Å². The fraction of sp³-hybridized carbons (Fsp3) is 0.200. The number of rotatable bonds is 4. The van der Waals surface area contributed by atoms with Crippen LogP contribution in [0.4, 0.5) is 5.69 Å². The molecule has 1 aliphatic heterocycles. The lowest BCUT2D eigenvalue weighted by Gasteiger charge is -2.39. The topological polar surface area (TPSA) is 92.6 Å². The molecular formula is C20H19N3O4. The number of hydrogen-bond donors (Lipinski definition) is 1. The molecule has 1 aliphatic rings. The number of amides is 2. The molecule has 27 heavy (non-hydrogen) atoms. The Kier molecular flexibility index (Phi) is 4.77. The molecule has 7 nitrogen and oxygen atoms in total. The third-order valence-corrected chi connectivity index (χ3v) is 4.59. The van der Waals surface area contributed by atoms with Gasteiger partial charge in [-0.05, 0) is 24.6 Å². The van der Waals surface area contributed by atoms with Crippen molar-refractivity contribution >= 4 is 23.6 Å².